The second-order valence-electron chi connectivity index (χ2n) is 4.03. The first-order valence-corrected chi connectivity index (χ1v) is 5.15. The summed E-state index contributed by atoms with van der Waals surface area (Å²) in [5, 5.41) is 3.29. The molecule has 2 heteroatoms. The topological polar surface area (TPSA) is 15.3 Å². The molecule has 1 rings (SSSR count). The molecule has 1 saturated heterocycles. The van der Waals surface area contributed by atoms with E-state index in [2.05, 4.69) is 24.1 Å². The molecule has 0 bridgehead atoms. The maximum absolute atomic E-state index is 3.29. The van der Waals surface area contributed by atoms with E-state index in [-0.39, 0.29) is 0 Å². The summed E-state index contributed by atoms with van der Waals surface area (Å²) in [5.74, 6) is 0. The predicted molar refractivity (Wildman–Crippen MR) is 53.4 cm³/mol. The minimum atomic E-state index is 0.630. The van der Waals surface area contributed by atoms with Gasteiger partial charge >= 0.3 is 0 Å². The first kappa shape index (κ1) is 10.0. The minimum absolute atomic E-state index is 0.630. The van der Waals surface area contributed by atoms with Crippen molar-refractivity contribution in [3.8, 4) is 0 Å². The van der Waals surface area contributed by atoms with Crippen molar-refractivity contribution in [1.82, 2.24) is 10.2 Å². The van der Waals surface area contributed by atoms with Crippen molar-refractivity contribution in [1.29, 1.82) is 0 Å². The Morgan fingerprint density at radius 3 is 2.83 bits per heavy atom. The van der Waals surface area contributed by atoms with Crippen LogP contribution in [0.2, 0.25) is 0 Å². The van der Waals surface area contributed by atoms with Gasteiger partial charge in [0.1, 0.15) is 0 Å². The molecule has 1 N–H and O–H groups in total. The van der Waals surface area contributed by atoms with Crippen LogP contribution in [-0.4, -0.2) is 37.1 Å². The second-order valence-corrected chi connectivity index (χ2v) is 4.03. The van der Waals surface area contributed by atoms with Gasteiger partial charge in [-0.05, 0) is 40.3 Å². The molecule has 1 fully saturated rings. The number of rotatable bonds is 3. The van der Waals surface area contributed by atoms with Crippen molar-refractivity contribution >= 4 is 0 Å². The van der Waals surface area contributed by atoms with E-state index in [1.165, 1.54) is 32.4 Å². The van der Waals surface area contributed by atoms with Gasteiger partial charge in [0.05, 0.1) is 0 Å². The summed E-state index contributed by atoms with van der Waals surface area (Å²) in [6, 6.07) is 1.43. The molecule has 12 heavy (non-hydrogen) atoms. The average Bonchev–Trinajstić information content (AvgIpc) is 2.09. The van der Waals surface area contributed by atoms with E-state index in [4.69, 9.17) is 0 Å². The first-order chi connectivity index (χ1) is 5.74. The molecule has 0 aromatic rings. The number of hydrogen-bond donors (Lipinski definition) is 1. The van der Waals surface area contributed by atoms with Crippen LogP contribution in [-0.2, 0) is 0 Å². The summed E-state index contributed by atoms with van der Waals surface area (Å²) >= 11 is 0. The number of nitrogens with zero attached hydrogens (tertiary/aromatic N) is 1. The van der Waals surface area contributed by atoms with E-state index >= 15 is 0 Å². The number of piperidine rings is 1. The molecule has 2 nitrogen and oxygen atoms in total. The standard InChI is InChI=1S/C10H22N2/c1-9(11-3)8-12-7-5-4-6-10(12)2/h9-11H,4-8H2,1-3H3/t9-,10?/m0/s1. The minimum Gasteiger partial charge on any atom is -0.316 e. The lowest BCUT2D eigenvalue weighted by Crippen LogP contribution is -2.44. The fourth-order valence-electron chi connectivity index (χ4n) is 1.87. The fraction of sp³-hybridized carbons (Fsp3) is 1.00. The second kappa shape index (κ2) is 4.83. The third kappa shape index (κ3) is 2.76. The molecule has 1 aliphatic rings. The molecule has 1 unspecified atom stereocenters. The Labute approximate surface area is 76.3 Å². The fourth-order valence-corrected chi connectivity index (χ4v) is 1.87. The van der Waals surface area contributed by atoms with Gasteiger partial charge < -0.3 is 5.32 Å². The summed E-state index contributed by atoms with van der Waals surface area (Å²) in [7, 11) is 2.04. The van der Waals surface area contributed by atoms with Crippen LogP contribution in [0.25, 0.3) is 0 Å². The number of hydrogen-bond acceptors (Lipinski definition) is 2. The highest BCUT2D eigenvalue weighted by Crippen LogP contribution is 2.16. The van der Waals surface area contributed by atoms with Gasteiger partial charge in [-0.2, -0.15) is 0 Å². The Hall–Kier alpha value is -0.0800. The van der Waals surface area contributed by atoms with Gasteiger partial charge in [-0.1, -0.05) is 6.42 Å². The van der Waals surface area contributed by atoms with E-state index in [1.54, 1.807) is 0 Å². The molecule has 0 saturated carbocycles. The van der Waals surface area contributed by atoms with Gasteiger partial charge in [-0.15, -0.1) is 0 Å². The molecule has 0 spiro atoms. The van der Waals surface area contributed by atoms with Crippen molar-refractivity contribution in [2.45, 2.75) is 45.2 Å². The normalized spacial score (nSPS) is 28.8. The molecular formula is C10H22N2. The monoisotopic (exact) mass is 170 g/mol. The van der Waals surface area contributed by atoms with Crippen LogP contribution < -0.4 is 5.32 Å². The average molecular weight is 170 g/mol. The van der Waals surface area contributed by atoms with Crippen molar-refractivity contribution < 1.29 is 0 Å². The van der Waals surface area contributed by atoms with Crippen LogP contribution in [0.5, 0.6) is 0 Å². The number of nitrogens with one attached hydrogen (secondary N) is 1. The third-order valence-corrected chi connectivity index (χ3v) is 2.94. The molecule has 0 amide bonds. The zero-order valence-corrected chi connectivity index (χ0v) is 8.64. The molecule has 0 aliphatic carbocycles. The summed E-state index contributed by atoms with van der Waals surface area (Å²) in [6.07, 6.45) is 4.20. The Morgan fingerprint density at radius 2 is 2.25 bits per heavy atom. The number of likely N-dealkylation sites (tertiary alicyclic amines) is 1. The van der Waals surface area contributed by atoms with Crippen molar-refractivity contribution in [2.75, 3.05) is 20.1 Å². The summed E-state index contributed by atoms with van der Waals surface area (Å²) < 4.78 is 0. The van der Waals surface area contributed by atoms with E-state index in [0.717, 1.165) is 6.04 Å². The third-order valence-electron chi connectivity index (χ3n) is 2.94. The molecule has 0 aromatic heterocycles. The lowest BCUT2D eigenvalue weighted by atomic mass is 10.0. The lowest BCUT2D eigenvalue weighted by Gasteiger charge is -2.35. The predicted octanol–water partition coefficient (Wildman–Crippen LogP) is 1.47. The quantitative estimate of drug-likeness (QED) is 0.690. The molecular weight excluding hydrogens is 148 g/mol. The van der Waals surface area contributed by atoms with Crippen LogP contribution in [0.4, 0.5) is 0 Å². The summed E-state index contributed by atoms with van der Waals surface area (Å²) in [6.45, 7) is 7.10. The summed E-state index contributed by atoms with van der Waals surface area (Å²) in [4.78, 5) is 2.60. The van der Waals surface area contributed by atoms with Crippen molar-refractivity contribution in [3.63, 3.8) is 0 Å². The van der Waals surface area contributed by atoms with Crippen LogP contribution >= 0.6 is 0 Å². The Bertz CT molecular complexity index is 125. The Balaban J connectivity index is 2.28. The highest BCUT2D eigenvalue weighted by molar-refractivity contribution is 4.75. The smallest absolute Gasteiger partial charge is 0.0163 e. The molecule has 1 aliphatic heterocycles. The zero-order chi connectivity index (χ0) is 8.97. The first-order valence-electron chi connectivity index (χ1n) is 5.15. The maximum Gasteiger partial charge on any atom is 0.0163 e. The molecule has 72 valence electrons. The van der Waals surface area contributed by atoms with Gasteiger partial charge in [-0.25, -0.2) is 0 Å². The summed E-state index contributed by atoms with van der Waals surface area (Å²) in [5.41, 5.74) is 0. The highest BCUT2D eigenvalue weighted by Gasteiger charge is 2.18. The van der Waals surface area contributed by atoms with Crippen LogP contribution in [0.3, 0.4) is 0 Å². The highest BCUT2D eigenvalue weighted by atomic mass is 15.2. The zero-order valence-electron chi connectivity index (χ0n) is 8.64. The van der Waals surface area contributed by atoms with Gasteiger partial charge in [0, 0.05) is 18.6 Å². The van der Waals surface area contributed by atoms with Crippen LogP contribution in [0.1, 0.15) is 33.1 Å². The van der Waals surface area contributed by atoms with E-state index in [1.807, 2.05) is 7.05 Å². The van der Waals surface area contributed by atoms with E-state index in [0.29, 0.717) is 6.04 Å². The van der Waals surface area contributed by atoms with Gasteiger partial charge in [-0.3, -0.25) is 4.90 Å². The molecule has 1 heterocycles. The SMILES string of the molecule is CN[C@@H](C)CN1CCCCC1C. The van der Waals surface area contributed by atoms with Crippen molar-refractivity contribution in [2.24, 2.45) is 0 Å². The van der Waals surface area contributed by atoms with E-state index < -0.39 is 0 Å². The van der Waals surface area contributed by atoms with E-state index in [9.17, 15) is 0 Å². The van der Waals surface area contributed by atoms with Crippen molar-refractivity contribution in [3.05, 3.63) is 0 Å². The number of likely N-dealkylation sites (N-methyl/N-ethyl adjacent to an activating group) is 1. The maximum atomic E-state index is 3.29. The lowest BCUT2D eigenvalue weighted by molar-refractivity contribution is 0.149. The van der Waals surface area contributed by atoms with Gasteiger partial charge in [0.15, 0.2) is 0 Å². The molecule has 0 aromatic carbocycles. The molecule has 0 radical (unpaired) electrons. The largest absolute Gasteiger partial charge is 0.316 e. The van der Waals surface area contributed by atoms with Gasteiger partial charge in [0.2, 0.25) is 0 Å². The van der Waals surface area contributed by atoms with Crippen LogP contribution in [0.15, 0.2) is 0 Å². The van der Waals surface area contributed by atoms with Gasteiger partial charge in [0.25, 0.3) is 0 Å². The Morgan fingerprint density at radius 1 is 1.50 bits per heavy atom. The Kier molecular flexibility index (Phi) is 4.02. The molecule has 2 atom stereocenters. The van der Waals surface area contributed by atoms with Crippen LogP contribution in [0, 0.1) is 0 Å².